The largest absolute Gasteiger partial charge is 0.872 e. The molecule has 1 unspecified atom stereocenters. The second-order valence-electron chi connectivity index (χ2n) is 8.99. The van der Waals surface area contributed by atoms with Crippen LogP contribution in [-0.4, -0.2) is 17.7 Å². The Morgan fingerprint density at radius 1 is 0.882 bits per heavy atom. The first-order valence-electron chi connectivity index (χ1n) is 11.9. The Hall–Kier alpha value is -3.37. The van der Waals surface area contributed by atoms with E-state index in [9.17, 15) is 9.90 Å². The summed E-state index contributed by atoms with van der Waals surface area (Å²) in [6, 6.07) is 24.6. The molecule has 172 valence electrons. The van der Waals surface area contributed by atoms with Crippen LogP contribution >= 0.6 is 11.6 Å². The molecule has 34 heavy (non-hydrogen) atoms. The molecule has 1 atom stereocenters. The van der Waals surface area contributed by atoms with Crippen LogP contribution in [0.4, 0.5) is 5.69 Å². The molecule has 4 nitrogen and oxygen atoms in total. The molecule has 5 rings (SSSR count). The van der Waals surface area contributed by atoms with Gasteiger partial charge in [0.2, 0.25) is 0 Å². The number of carbonyl (C=O) groups is 1. The quantitative estimate of drug-likeness (QED) is 0.431. The van der Waals surface area contributed by atoms with E-state index < -0.39 is 5.92 Å². The van der Waals surface area contributed by atoms with Crippen LogP contribution < -0.4 is 15.4 Å². The first-order valence-corrected chi connectivity index (χ1v) is 12.3. The first-order chi connectivity index (χ1) is 16.6. The molecule has 1 saturated carbocycles. The van der Waals surface area contributed by atoms with Crippen LogP contribution in [0.25, 0.3) is 5.76 Å². The second-order valence-corrected chi connectivity index (χ2v) is 9.42. The number of para-hydroxylation sites is 1. The molecule has 0 spiro atoms. The summed E-state index contributed by atoms with van der Waals surface area (Å²) in [4.78, 5) is 17.3. The zero-order chi connectivity index (χ0) is 23.5. The number of Topliss-reactive ketones (excluding diaryl/α,β-unsaturated/α-hetero) is 1. The summed E-state index contributed by atoms with van der Waals surface area (Å²) < 4.78 is 0. The van der Waals surface area contributed by atoms with Crippen molar-refractivity contribution in [3.8, 4) is 0 Å². The lowest BCUT2D eigenvalue weighted by atomic mass is 9.86. The number of benzene rings is 3. The monoisotopic (exact) mass is 470 g/mol. The fourth-order valence-electron chi connectivity index (χ4n) is 5.00. The lowest BCUT2D eigenvalue weighted by Gasteiger charge is -2.24. The Balaban J connectivity index is 1.66. The molecule has 3 aromatic rings. The molecule has 0 radical (unpaired) electrons. The van der Waals surface area contributed by atoms with Crippen LogP contribution in [0, 0.1) is 0 Å². The first kappa shape index (κ1) is 22.4. The number of hydrogen-bond acceptors (Lipinski definition) is 2. The zero-order valence-corrected chi connectivity index (χ0v) is 19.6. The predicted octanol–water partition coefficient (Wildman–Crippen LogP) is 4.32. The molecular weight excluding hydrogens is 444 g/mol. The molecule has 0 aromatic heterocycles. The highest BCUT2D eigenvalue weighted by Gasteiger charge is 2.37. The van der Waals surface area contributed by atoms with Gasteiger partial charge < -0.3 is 5.11 Å². The van der Waals surface area contributed by atoms with Crippen LogP contribution in [0.1, 0.15) is 59.5 Å². The number of hydrogen-bond donors (Lipinski definition) is 2. The summed E-state index contributed by atoms with van der Waals surface area (Å²) in [7, 11) is 0. The van der Waals surface area contributed by atoms with Gasteiger partial charge in [0, 0.05) is 16.2 Å². The van der Waals surface area contributed by atoms with E-state index in [-0.39, 0.29) is 23.2 Å². The molecule has 0 saturated heterocycles. The van der Waals surface area contributed by atoms with Crippen molar-refractivity contribution >= 4 is 34.7 Å². The third kappa shape index (κ3) is 4.51. The molecule has 0 bridgehead atoms. The molecule has 0 heterocycles. The van der Waals surface area contributed by atoms with Gasteiger partial charge >= 0.3 is 0 Å². The Labute approximate surface area is 205 Å². The number of fused-ring (bicyclic) bond motifs is 1. The van der Waals surface area contributed by atoms with E-state index in [1.165, 1.54) is 19.3 Å². The normalized spacial score (nSPS) is 17.6. The number of ketones is 1. The average Bonchev–Trinajstić information content (AvgIpc) is 3.12. The van der Waals surface area contributed by atoms with Gasteiger partial charge in [0.15, 0.2) is 5.78 Å². The second kappa shape index (κ2) is 9.86. The van der Waals surface area contributed by atoms with Crippen LogP contribution in [0.3, 0.4) is 0 Å². The Morgan fingerprint density at radius 2 is 1.53 bits per heavy atom. The summed E-state index contributed by atoms with van der Waals surface area (Å²) in [5.74, 6) is -0.228. The molecule has 5 heteroatoms. The van der Waals surface area contributed by atoms with Gasteiger partial charge in [0.25, 0.3) is 5.84 Å². The van der Waals surface area contributed by atoms with Crippen LogP contribution in [0.15, 0.2) is 84.4 Å². The minimum absolute atomic E-state index is 0.210. The average molecular weight is 471 g/mol. The highest BCUT2D eigenvalue weighted by molar-refractivity contribution is 6.30. The summed E-state index contributed by atoms with van der Waals surface area (Å²) >= 11 is 6.19. The Bertz CT molecular complexity index is 1240. The third-order valence-corrected chi connectivity index (χ3v) is 6.96. The molecule has 3 aromatic carbocycles. The number of anilines is 1. The summed E-state index contributed by atoms with van der Waals surface area (Å²) in [6.45, 7) is 0. The van der Waals surface area contributed by atoms with Gasteiger partial charge in [-0.05, 0) is 61.1 Å². The van der Waals surface area contributed by atoms with Crippen molar-refractivity contribution in [1.82, 2.24) is 0 Å². The minimum atomic E-state index is -0.563. The van der Waals surface area contributed by atoms with Crippen LogP contribution in [-0.2, 0) is 0 Å². The highest BCUT2D eigenvalue weighted by atomic mass is 35.5. The van der Waals surface area contributed by atoms with Crippen LogP contribution in [0.2, 0.25) is 5.02 Å². The van der Waals surface area contributed by atoms with E-state index in [2.05, 4.69) is 10.3 Å². The Morgan fingerprint density at radius 3 is 2.21 bits per heavy atom. The lowest BCUT2D eigenvalue weighted by Crippen LogP contribution is -2.82. The molecule has 2 aliphatic carbocycles. The highest BCUT2D eigenvalue weighted by Crippen LogP contribution is 2.38. The van der Waals surface area contributed by atoms with Crippen molar-refractivity contribution in [1.29, 1.82) is 0 Å². The minimum Gasteiger partial charge on any atom is -0.872 e. The number of carbonyl (C=O) groups excluding carboxylic acids is 1. The van der Waals surface area contributed by atoms with Gasteiger partial charge in [-0.2, -0.15) is 0 Å². The number of halogens is 1. The van der Waals surface area contributed by atoms with E-state index in [0.717, 1.165) is 29.9 Å². The smallest absolute Gasteiger partial charge is 0.260 e. The van der Waals surface area contributed by atoms with E-state index >= 15 is 0 Å². The lowest BCUT2D eigenvalue weighted by molar-refractivity contribution is -0.509. The standard InChI is InChI=1S/C29H27ClN2O2/c30-20-17-15-19(16-18-20)25(26-27(33)23-13-7-8-14-24(23)28(26)34)29(31-21-9-3-1-4-10-21)32-22-11-5-2-6-12-22/h1,3-4,7-10,13-18,22,25,33H,2,5-6,11-12H2,(H,31,32). The van der Waals surface area contributed by atoms with Crippen molar-refractivity contribution in [2.75, 3.05) is 5.32 Å². The van der Waals surface area contributed by atoms with Crippen molar-refractivity contribution in [2.24, 2.45) is 0 Å². The maximum Gasteiger partial charge on any atom is 0.260 e. The zero-order valence-electron chi connectivity index (χ0n) is 18.9. The van der Waals surface area contributed by atoms with Gasteiger partial charge in [-0.3, -0.25) is 9.79 Å². The Kier molecular flexibility index (Phi) is 6.50. The van der Waals surface area contributed by atoms with E-state index in [1.54, 1.807) is 24.3 Å². The van der Waals surface area contributed by atoms with E-state index in [4.69, 9.17) is 11.6 Å². The topological polar surface area (TPSA) is 66.1 Å². The molecule has 0 amide bonds. The van der Waals surface area contributed by atoms with E-state index in [1.807, 2.05) is 54.6 Å². The fraction of sp³-hybridized carbons (Fsp3) is 0.241. The van der Waals surface area contributed by atoms with Crippen molar-refractivity contribution in [2.45, 2.75) is 44.1 Å². The maximum atomic E-state index is 13.6. The predicted molar refractivity (Wildman–Crippen MR) is 135 cm³/mol. The van der Waals surface area contributed by atoms with Gasteiger partial charge in [0.1, 0.15) is 11.6 Å². The molecule has 1 fully saturated rings. The van der Waals surface area contributed by atoms with Crippen molar-refractivity contribution < 1.29 is 14.9 Å². The summed E-state index contributed by atoms with van der Waals surface area (Å²) in [5, 5.41) is 17.7. The maximum absolute atomic E-state index is 13.6. The molecule has 2 aliphatic rings. The van der Waals surface area contributed by atoms with E-state index in [0.29, 0.717) is 16.1 Å². The van der Waals surface area contributed by atoms with Gasteiger partial charge in [-0.25, -0.2) is 5.32 Å². The van der Waals surface area contributed by atoms with Gasteiger partial charge in [0.05, 0.1) is 6.04 Å². The molecule has 2 N–H and O–H groups in total. The van der Waals surface area contributed by atoms with Crippen LogP contribution in [0.5, 0.6) is 0 Å². The number of nitrogens with one attached hydrogen (secondary N) is 2. The van der Waals surface area contributed by atoms with Crippen molar-refractivity contribution in [3.63, 3.8) is 0 Å². The summed E-state index contributed by atoms with van der Waals surface area (Å²) in [6.07, 6.45) is 5.70. The molecule has 0 aliphatic heterocycles. The fourth-order valence-corrected chi connectivity index (χ4v) is 5.13. The van der Waals surface area contributed by atoms with Gasteiger partial charge in [-0.15, -0.1) is 0 Å². The number of amidine groups is 1. The van der Waals surface area contributed by atoms with Crippen molar-refractivity contribution in [3.05, 3.63) is 106 Å². The van der Waals surface area contributed by atoms with Gasteiger partial charge in [-0.1, -0.05) is 78.4 Å². The SMILES string of the molecule is O=C1C(C(C(Nc2ccccc2)=[NH+]C2CCCCC2)c2ccc(Cl)cc2)=C([O-])c2ccccc21. The molecular formula is C29H27ClN2O2. The third-order valence-electron chi connectivity index (χ3n) is 6.70. The summed E-state index contributed by atoms with van der Waals surface area (Å²) in [5.41, 5.74) is 2.95. The number of rotatable bonds is 5.